The third-order valence-corrected chi connectivity index (χ3v) is 1.83. The van der Waals surface area contributed by atoms with Gasteiger partial charge in [-0.3, -0.25) is 0 Å². The summed E-state index contributed by atoms with van der Waals surface area (Å²) >= 11 is 3.23. The van der Waals surface area contributed by atoms with Crippen molar-refractivity contribution in [3.8, 4) is 0 Å². The predicted molar refractivity (Wildman–Crippen MR) is 45.2 cm³/mol. The van der Waals surface area contributed by atoms with Gasteiger partial charge < -0.3 is 10.2 Å². The number of hydrogen-bond acceptors (Lipinski definition) is 2. The van der Waals surface area contributed by atoms with Crippen LogP contribution in [0.1, 0.15) is 12.8 Å². The van der Waals surface area contributed by atoms with Gasteiger partial charge in [0.05, 0.1) is 12.2 Å². The Balaban J connectivity index is 3.40. The van der Waals surface area contributed by atoms with E-state index in [1.165, 1.54) is 6.08 Å². The molecule has 0 saturated carbocycles. The normalized spacial score (nSPS) is 16.3. The molecule has 10 heavy (non-hydrogen) atoms. The van der Waals surface area contributed by atoms with Crippen LogP contribution < -0.4 is 0 Å². The van der Waals surface area contributed by atoms with Crippen LogP contribution in [-0.2, 0) is 0 Å². The predicted octanol–water partition coefficient (Wildman–Crippen LogP) is 1.07. The van der Waals surface area contributed by atoms with Crippen LogP contribution >= 0.6 is 15.9 Å². The van der Waals surface area contributed by atoms with Crippen LogP contribution in [0.15, 0.2) is 12.7 Å². The van der Waals surface area contributed by atoms with Gasteiger partial charge in [0, 0.05) is 5.33 Å². The topological polar surface area (TPSA) is 40.5 Å². The molecule has 0 aromatic rings. The first-order valence-corrected chi connectivity index (χ1v) is 4.39. The molecule has 0 heterocycles. The molecule has 0 aliphatic heterocycles. The molecule has 0 aliphatic rings. The zero-order valence-electron chi connectivity index (χ0n) is 5.83. The van der Waals surface area contributed by atoms with E-state index in [1.807, 2.05) is 0 Å². The van der Waals surface area contributed by atoms with Gasteiger partial charge in [-0.1, -0.05) is 22.0 Å². The summed E-state index contributed by atoms with van der Waals surface area (Å²) in [4.78, 5) is 0. The minimum atomic E-state index is -0.779. The number of hydrogen-bond donors (Lipinski definition) is 2. The monoisotopic (exact) mass is 208 g/mol. The number of aliphatic hydroxyl groups excluding tert-OH is 2. The minimum absolute atomic E-state index is 0.610. The first kappa shape index (κ1) is 10.1. The van der Waals surface area contributed by atoms with E-state index in [-0.39, 0.29) is 0 Å². The lowest BCUT2D eigenvalue weighted by molar-refractivity contribution is 0.0432. The Bertz CT molecular complexity index is 95.6. The summed E-state index contributed by atoms with van der Waals surface area (Å²) in [6.07, 6.45) is 1.39. The second-order valence-electron chi connectivity index (χ2n) is 2.12. The Morgan fingerprint density at radius 2 is 2.10 bits per heavy atom. The molecule has 2 N–H and O–H groups in total. The maximum atomic E-state index is 9.11. The molecule has 0 rings (SSSR count). The molecule has 0 amide bonds. The van der Waals surface area contributed by atoms with E-state index in [0.29, 0.717) is 6.42 Å². The summed E-state index contributed by atoms with van der Waals surface area (Å²) < 4.78 is 0. The third kappa shape index (κ3) is 4.04. The average Bonchev–Trinajstić information content (AvgIpc) is 1.98. The van der Waals surface area contributed by atoms with Crippen molar-refractivity contribution in [2.24, 2.45) is 0 Å². The van der Waals surface area contributed by atoms with Crippen molar-refractivity contribution in [3.05, 3.63) is 12.7 Å². The van der Waals surface area contributed by atoms with Gasteiger partial charge in [0.15, 0.2) is 0 Å². The maximum Gasteiger partial charge on any atom is 0.0977 e. The molecule has 0 aromatic carbocycles. The molecule has 0 aliphatic carbocycles. The first-order chi connectivity index (χ1) is 4.72. The van der Waals surface area contributed by atoms with Crippen molar-refractivity contribution < 1.29 is 10.2 Å². The van der Waals surface area contributed by atoms with Gasteiger partial charge in [0.2, 0.25) is 0 Å². The highest BCUT2D eigenvalue weighted by Crippen LogP contribution is 2.04. The van der Waals surface area contributed by atoms with Gasteiger partial charge in [-0.15, -0.1) is 6.58 Å². The fourth-order valence-corrected chi connectivity index (χ4v) is 0.938. The lowest BCUT2D eigenvalue weighted by Gasteiger charge is -2.12. The number of halogens is 1. The first-order valence-electron chi connectivity index (χ1n) is 3.27. The van der Waals surface area contributed by atoms with Crippen molar-refractivity contribution in [3.63, 3.8) is 0 Å². The smallest absolute Gasteiger partial charge is 0.0977 e. The second kappa shape index (κ2) is 5.89. The van der Waals surface area contributed by atoms with Crippen LogP contribution in [0, 0.1) is 0 Å². The van der Waals surface area contributed by atoms with Gasteiger partial charge >= 0.3 is 0 Å². The summed E-state index contributed by atoms with van der Waals surface area (Å²) in [6, 6.07) is 0. The van der Waals surface area contributed by atoms with E-state index in [0.717, 1.165) is 11.8 Å². The molecule has 0 aromatic heterocycles. The Labute approximate surface area is 69.7 Å². The van der Waals surface area contributed by atoms with E-state index in [4.69, 9.17) is 10.2 Å². The Morgan fingerprint density at radius 1 is 1.50 bits per heavy atom. The van der Waals surface area contributed by atoms with Gasteiger partial charge in [0.1, 0.15) is 0 Å². The van der Waals surface area contributed by atoms with E-state index >= 15 is 0 Å². The van der Waals surface area contributed by atoms with Crippen LogP contribution in [0.5, 0.6) is 0 Å². The minimum Gasteiger partial charge on any atom is -0.390 e. The summed E-state index contributed by atoms with van der Waals surface area (Å²) in [5, 5.41) is 18.9. The zero-order chi connectivity index (χ0) is 7.98. The highest BCUT2D eigenvalue weighted by Gasteiger charge is 2.10. The fraction of sp³-hybridized carbons (Fsp3) is 0.714. The lowest BCUT2D eigenvalue weighted by atomic mass is 10.1. The van der Waals surface area contributed by atoms with Crippen LogP contribution in [0.4, 0.5) is 0 Å². The fourth-order valence-electron chi connectivity index (χ4n) is 0.614. The van der Waals surface area contributed by atoms with Crippen LogP contribution in [0.25, 0.3) is 0 Å². The Kier molecular flexibility index (Phi) is 5.97. The van der Waals surface area contributed by atoms with Crippen LogP contribution in [0.2, 0.25) is 0 Å². The Morgan fingerprint density at radius 3 is 2.50 bits per heavy atom. The van der Waals surface area contributed by atoms with E-state index in [9.17, 15) is 0 Å². The van der Waals surface area contributed by atoms with Gasteiger partial charge in [0.25, 0.3) is 0 Å². The molecule has 60 valence electrons. The quantitative estimate of drug-likeness (QED) is 0.525. The molecule has 3 heteroatoms. The molecule has 2 nitrogen and oxygen atoms in total. The van der Waals surface area contributed by atoms with E-state index in [1.54, 1.807) is 0 Å². The van der Waals surface area contributed by atoms with E-state index < -0.39 is 12.2 Å². The molecule has 0 spiro atoms. The van der Waals surface area contributed by atoms with Gasteiger partial charge in [-0.2, -0.15) is 0 Å². The third-order valence-electron chi connectivity index (χ3n) is 1.27. The molecule has 0 radical (unpaired) electrons. The second-order valence-corrected chi connectivity index (χ2v) is 2.92. The summed E-state index contributed by atoms with van der Waals surface area (Å²) in [5.74, 6) is 0. The molecule has 0 unspecified atom stereocenters. The van der Waals surface area contributed by atoms with E-state index in [2.05, 4.69) is 22.5 Å². The maximum absolute atomic E-state index is 9.11. The zero-order valence-corrected chi connectivity index (χ0v) is 7.42. The molecule has 2 atom stereocenters. The van der Waals surface area contributed by atoms with Crippen molar-refractivity contribution >= 4 is 15.9 Å². The molecular weight excluding hydrogens is 196 g/mol. The van der Waals surface area contributed by atoms with Crippen molar-refractivity contribution in [1.82, 2.24) is 0 Å². The molecule has 0 saturated heterocycles. The number of aliphatic hydroxyl groups is 2. The molecule has 0 fully saturated rings. The van der Waals surface area contributed by atoms with Crippen molar-refractivity contribution in [1.29, 1.82) is 0 Å². The van der Waals surface area contributed by atoms with Crippen LogP contribution in [-0.4, -0.2) is 27.8 Å². The summed E-state index contributed by atoms with van der Waals surface area (Å²) in [6.45, 7) is 3.37. The van der Waals surface area contributed by atoms with Gasteiger partial charge in [-0.05, 0) is 12.8 Å². The largest absolute Gasteiger partial charge is 0.390 e. The van der Waals surface area contributed by atoms with Crippen LogP contribution in [0.3, 0.4) is 0 Å². The van der Waals surface area contributed by atoms with Gasteiger partial charge in [-0.25, -0.2) is 0 Å². The van der Waals surface area contributed by atoms with Crippen molar-refractivity contribution in [2.45, 2.75) is 25.0 Å². The van der Waals surface area contributed by atoms with Crippen molar-refractivity contribution in [2.75, 3.05) is 5.33 Å². The number of rotatable bonds is 5. The SMILES string of the molecule is C=C[C@@H](O)[C@@H](O)CCCBr. The molecular formula is C7H13BrO2. The highest BCUT2D eigenvalue weighted by atomic mass is 79.9. The summed E-state index contributed by atoms with van der Waals surface area (Å²) in [5.41, 5.74) is 0. The Hall–Kier alpha value is 0.140. The lowest BCUT2D eigenvalue weighted by Crippen LogP contribution is -2.23. The standard InChI is InChI=1S/C7H13BrO2/c1-2-6(9)7(10)4-3-5-8/h2,6-7,9-10H,1,3-5H2/t6-,7+/m1/s1. The number of alkyl halides is 1. The highest BCUT2D eigenvalue weighted by molar-refractivity contribution is 9.09. The average molecular weight is 209 g/mol. The molecule has 0 bridgehead atoms. The summed E-state index contributed by atoms with van der Waals surface area (Å²) in [7, 11) is 0.